The minimum Gasteiger partial charge on any atom is -0.479 e. The summed E-state index contributed by atoms with van der Waals surface area (Å²) in [6, 6.07) is 6.29. The minimum atomic E-state index is -5.06. The highest BCUT2D eigenvalue weighted by Crippen LogP contribution is 2.38. The number of alkyl halides is 3. The zero-order chi connectivity index (χ0) is 26.1. The van der Waals surface area contributed by atoms with Gasteiger partial charge in [0.25, 0.3) is 5.56 Å². The highest BCUT2D eigenvalue weighted by atomic mass is 19.4. The van der Waals surface area contributed by atoms with Crippen molar-refractivity contribution in [3.63, 3.8) is 0 Å². The van der Waals surface area contributed by atoms with Gasteiger partial charge in [-0.1, -0.05) is 12.1 Å². The van der Waals surface area contributed by atoms with Crippen LogP contribution in [0.1, 0.15) is 5.69 Å². The van der Waals surface area contributed by atoms with Crippen LogP contribution >= 0.6 is 0 Å². The Kier molecular flexibility index (Phi) is 6.61. The molecule has 0 aliphatic rings. The van der Waals surface area contributed by atoms with Crippen LogP contribution in [0.25, 0.3) is 5.69 Å². The summed E-state index contributed by atoms with van der Waals surface area (Å²) in [5, 5.41) is 20.2. The normalized spacial score (nSPS) is 11.2. The van der Waals surface area contributed by atoms with E-state index in [-0.39, 0.29) is 26.7 Å². The number of aromatic nitrogens is 2. The number of hydrogen-bond donors (Lipinski definition) is 1. The molecule has 1 N–H and O–H groups in total. The Hall–Kier alpha value is -4.69. The fraction of sp³-hybridized carbons (Fsp3) is 0.150. The molecule has 3 aromatic rings. The lowest BCUT2D eigenvalue weighted by Crippen LogP contribution is -2.41. The second kappa shape index (κ2) is 9.28. The first-order valence-electron chi connectivity index (χ1n) is 9.31. The van der Waals surface area contributed by atoms with E-state index in [1.165, 1.54) is 24.3 Å². The lowest BCUT2D eigenvalue weighted by atomic mass is 10.2. The van der Waals surface area contributed by atoms with E-state index in [1.54, 1.807) is 0 Å². The third kappa shape index (κ3) is 5.13. The lowest BCUT2D eigenvalue weighted by molar-refractivity contribution is -0.385. The molecule has 0 bridgehead atoms. The summed E-state index contributed by atoms with van der Waals surface area (Å²) < 4.78 is 64.6. The molecular formula is C20H13F4N3O8. The first kappa shape index (κ1) is 24.9. The van der Waals surface area contributed by atoms with Crippen molar-refractivity contribution in [2.45, 2.75) is 6.18 Å². The van der Waals surface area contributed by atoms with Gasteiger partial charge in [0.15, 0.2) is 23.9 Å². The fourth-order valence-corrected chi connectivity index (χ4v) is 2.96. The number of carbonyl (C=O) groups is 1. The lowest BCUT2D eigenvalue weighted by Gasteiger charge is -2.15. The molecule has 3 rings (SSSR count). The maximum Gasteiger partial charge on any atom is 0.431 e. The van der Waals surface area contributed by atoms with Crippen LogP contribution in [-0.4, -0.2) is 31.7 Å². The van der Waals surface area contributed by atoms with Crippen molar-refractivity contribution in [3.05, 3.63) is 84.9 Å². The van der Waals surface area contributed by atoms with Gasteiger partial charge in [0, 0.05) is 19.2 Å². The van der Waals surface area contributed by atoms with Crippen molar-refractivity contribution in [1.82, 2.24) is 9.13 Å². The summed E-state index contributed by atoms with van der Waals surface area (Å²) in [5.74, 6) is -3.95. The SMILES string of the molecule is Cn1c(C(F)(F)F)cc(=O)n(-c2cc(Oc3ccccc3OCC(=O)O)c([N+](=O)[O-])cc2F)c1=O. The zero-order valence-electron chi connectivity index (χ0n) is 17.4. The summed E-state index contributed by atoms with van der Waals surface area (Å²) in [6.45, 7) is -0.797. The van der Waals surface area contributed by atoms with Gasteiger partial charge in [0.05, 0.1) is 16.7 Å². The quantitative estimate of drug-likeness (QED) is 0.297. The van der Waals surface area contributed by atoms with Gasteiger partial charge in [-0.2, -0.15) is 13.2 Å². The molecule has 0 radical (unpaired) electrons. The average molecular weight is 499 g/mol. The van der Waals surface area contributed by atoms with E-state index in [0.29, 0.717) is 19.2 Å². The first-order chi connectivity index (χ1) is 16.3. The molecule has 0 aliphatic heterocycles. The molecule has 0 saturated heterocycles. The monoisotopic (exact) mass is 499 g/mol. The number of carboxylic acids is 1. The Balaban J connectivity index is 2.20. The number of rotatable bonds is 7. The van der Waals surface area contributed by atoms with E-state index in [0.717, 1.165) is 0 Å². The molecule has 0 unspecified atom stereocenters. The first-order valence-corrected chi connectivity index (χ1v) is 9.31. The molecule has 2 aromatic carbocycles. The summed E-state index contributed by atoms with van der Waals surface area (Å²) in [4.78, 5) is 46.0. The number of ether oxygens (including phenoxy) is 2. The molecule has 0 amide bonds. The van der Waals surface area contributed by atoms with E-state index in [4.69, 9.17) is 14.6 Å². The van der Waals surface area contributed by atoms with Crippen LogP contribution < -0.4 is 20.7 Å². The smallest absolute Gasteiger partial charge is 0.431 e. The molecule has 1 aromatic heterocycles. The molecule has 15 heteroatoms. The Labute approximate surface area is 191 Å². The number of halogens is 4. The molecular weight excluding hydrogens is 486 g/mol. The van der Waals surface area contributed by atoms with Crippen molar-refractivity contribution >= 4 is 11.7 Å². The molecule has 1 heterocycles. The maximum absolute atomic E-state index is 14.7. The molecule has 0 atom stereocenters. The predicted molar refractivity (Wildman–Crippen MR) is 109 cm³/mol. The van der Waals surface area contributed by atoms with Gasteiger partial charge in [-0.3, -0.25) is 19.5 Å². The van der Waals surface area contributed by atoms with Crippen LogP contribution in [0, 0.1) is 15.9 Å². The average Bonchev–Trinajstić information content (AvgIpc) is 2.76. The maximum atomic E-state index is 14.7. The summed E-state index contributed by atoms with van der Waals surface area (Å²) in [7, 11) is 0.706. The number of nitro benzene ring substituents is 1. The second-order valence-corrected chi connectivity index (χ2v) is 6.80. The highest BCUT2D eigenvalue weighted by molar-refractivity contribution is 5.68. The third-order valence-electron chi connectivity index (χ3n) is 4.50. The molecule has 184 valence electrons. The van der Waals surface area contributed by atoms with E-state index in [1.807, 2.05) is 0 Å². The molecule has 0 aliphatic carbocycles. The van der Waals surface area contributed by atoms with E-state index in [9.17, 15) is 42.1 Å². The van der Waals surface area contributed by atoms with Crippen LogP contribution in [0.15, 0.2) is 52.1 Å². The van der Waals surface area contributed by atoms with Gasteiger partial charge >= 0.3 is 23.5 Å². The van der Waals surface area contributed by atoms with Crippen LogP contribution in [-0.2, 0) is 18.0 Å². The van der Waals surface area contributed by atoms with Gasteiger partial charge in [0.2, 0.25) is 5.75 Å². The fourth-order valence-electron chi connectivity index (χ4n) is 2.96. The number of benzene rings is 2. The topological polar surface area (TPSA) is 143 Å². The van der Waals surface area contributed by atoms with Crippen LogP contribution in [0.2, 0.25) is 0 Å². The van der Waals surface area contributed by atoms with Crippen LogP contribution in [0.4, 0.5) is 23.2 Å². The number of nitrogens with zero attached hydrogens (tertiary/aromatic N) is 3. The second-order valence-electron chi connectivity index (χ2n) is 6.80. The number of hydrogen-bond acceptors (Lipinski definition) is 7. The Morgan fingerprint density at radius 1 is 1.11 bits per heavy atom. The van der Waals surface area contributed by atoms with Gasteiger partial charge in [-0.05, 0) is 12.1 Å². The summed E-state index contributed by atoms with van der Waals surface area (Å²) in [5.41, 5.74) is -6.60. The summed E-state index contributed by atoms with van der Waals surface area (Å²) >= 11 is 0. The zero-order valence-corrected chi connectivity index (χ0v) is 17.4. The van der Waals surface area contributed by atoms with Crippen molar-refractivity contribution in [3.8, 4) is 22.9 Å². The molecule has 11 nitrogen and oxygen atoms in total. The molecule has 0 fully saturated rings. The minimum absolute atomic E-state index is 0.0496. The number of para-hydroxylation sites is 2. The van der Waals surface area contributed by atoms with Gasteiger partial charge < -0.3 is 14.6 Å². The van der Waals surface area contributed by atoms with Gasteiger partial charge in [-0.15, -0.1) is 0 Å². The molecule has 0 spiro atoms. The predicted octanol–water partition coefficient (Wildman–Crippen LogP) is 2.86. The number of carboxylic acid groups (broad SMARTS) is 1. The van der Waals surface area contributed by atoms with E-state index >= 15 is 0 Å². The van der Waals surface area contributed by atoms with Crippen molar-refractivity contribution in [1.29, 1.82) is 0 Å². The standard InChI is InChI=1S/C20H13F4N3O8/c1-25-16(20(22,23)24)8-17(28)26(19(25)31)11-7-15(12(27(32)33)6-10(11)21)35-14-5-3-2-4-13(14)34-9-18(29)30/h2-8H,9H2,1H3,(H,29,30). The Morgan fingerprint density at radius 2 is 1.74 bits per heavy atom. The number of aliphatic carboxylic acids is 1. The van der Waals surface area contributed by atoms with E-state index in [2.05, 4.69) is 0 Å². The number of nitro groups is 1. The van der Waals surface area contributed by atoms with Gasteiger partial charge in [0.1, 0.15) is 5.69 Å². The summed E-state index contributed by atoms with van der Waals surface area (Å²) in [6.07, 6.45) is -5.06. The van der Waals surface area contributed by atoms with Crippen molar-refractivity contribution in [2.75, 3.05) is 6.61 Å². The molecule has 35 heavy (non-hydrogen) atoms. The highest BCUT2D eigenvalue weighted by Gasteiger charge is 2.35. The van der Waals surface area contributed by atoms with Crippen molar-refractivity contribution < 1.29 is 41.9 Å². The van der Waals surface area contributed by atoms with Crippen LogP contribution in [0.5, 0.6) is 17.2 Å². The van der Waals surface area contributed by atoms with E-state index < -0.39 is 63.6 Å². The Morgan fingerprint density at radius 3 is 2.31 bits per heavy atom. The van der Waals surface area contributed by atoms with Gasteiger partial charge in [-0.25, -0.2) is 18.5 Å². The third-order valence-corrected chi connectivity index (χ3v) is 4.50. The van der Waals surface area contributed by atoms with Crippen LogP contribution in [0.3, 0.4) is 0 Å². The largest absolute Gasteiger partial charge is 0.479 e. The molecule has 0 saturated carbocycles. The van der Waals surface area contributed by atoms with Crippen molar-refractivity contribution in [2.24, 2.45) is 7.05 Å². The Bertz CT molecular complexity index is 1450.